The van der Waals surface area contributed by atoms with Gasteiger partial charge in [-0.25, -0.2) is 9.48 Å². The lowest BCUT2D eigenvalue weighted by Crippen LogP contribution is -2.45. The summed E-state index contributed by atoms with van der Waals surface area (Å²) in [6.07, 6.45) is -0.584. The number of ether oxygens (including phenoxy) is 2. The lowest BCUT2D eigenvalue weighted by molar-refractivity contribution is 0.0624. The van der Waals surface area contributed by atoms with Gasteiger partial charge in [0, 0.05) is 16.8 Å². The van der Waals surface area contributed by atoms with Crippen molar-refractivity contribution in [2.45, 2.75) is 31.2 Å². The van der Waals surface area contributed by atoms with Gasteiger partial charge >= 0.3 is 6.03 Å². The van der Waals surface area contributed by atoms with Gasteiger partial charge in [-0.15, -0.1) is 5.10 Å². The lowest BCUT2D eigenvalue weighted by Gasteiger charge is -2.18. The third-order valence-corrected chi connectivity index (χ3v) is 5.73. The highest BCUT2D eigenvalue weighted by Crippen LogP contribution is 2.35. The molecular formula is C22H22N6O4. The summed E-state index contributed by atoms with van der Waals surface area (Å²) < 4.78 is 13.7. The molecule has 2 saturated heterocycles. The van der Waals surface area contributed by atoms with Crippen molar-refractivity contribution in [2.24, 2.45) is 0 Å². The van der Waals surface area contributed by atoms with Crippen LogP contribution in [0.25, 0.3) is 11.4 Å². The van der Waals surface area contributed by atoms with Gasteiger partial charge in [-0.2, -0.15) is 0 Å². The first-order chi connectivity index (χ1) is 15.6. The summed E-state index contributed by atoms with van der Waals surface area (Å²) in [6.45, 7) is 2.20. The van der Waals surface area contributed by atoms with Gasteiger partial charge in [-0.1, -0.05) is 30.3 Å². The Bertz CT molecular complexity index is 1120. The summed E-state index contributed by atoms with van der Waals surface area (Å²) in [5.74, 6) is 0.618. The fraction of sp³-hybridized carbons (Fsp3) is 0.318. The predicted octanol–water partition coefficient (Wildman–Crippen LogP) is 2.07. The number of aromatic nitrogens is 4. The summed E-state index contributed by atoms with van der Waals surface area (Å²) in [6, 6.07) is 15.6. The van der Waals surface area contributed by atoms with E-state index in [0.29, 0.717) is 30.3 Å². The van der Waals surface area contributed by atoms with Crippen molar-refractivity contribution in [1.82, 2.24) is 25.5 Å². The van der Waals surface area contributed by atoms with Crippen LogP contribution in [-0.4, -0.2) is 63.5 Å². The number of nitrogens with one attached hydrogen (secondary N) is 2. The molecule has 4 atom stereocenters. The zero-order valence-electron chi connectivity index (χ0n) is 17.3. The highest BCUT2D eigenvalue weighted by molar-refractivity contribution is 5.95. The van der Waals surface area contributed by atoms with Gasteiger partial charge in [-0.05, 0) is 41.6 Å². The largest absolute Gasteiger partial charge is 0.371 e. The Kier molecular flexibility index (Phi) is 5.38. The van der Waals surface area contributed by atoms with Crippen molar-refractivity contribution >= 4 is 17.5 Å². The molecule has 2 aliphatic heterocycles. The molecule has 2 N–H and O–H groups in total. The average Bonchev–Trinajstić information content (AvgIpc) is 3.52. The SMILES string of the molecule is CC(=O)c1ccc(NC(=O)N[C@@H]2CO[C@@H]3[C@@H]2OC[C@@H]3n2nnnc2-c2ccccc2)cc1. The zero-order valence-corrected chi connectivity index (χ0v) is 17.3. The van der Waals surface area contributed by atoms with Crippen molar-refractivity contribution in [3.8, 4) is 11.4 Å². The van der Waals surface area contributed by atoms with E-state index >= 15 is 0 Å². The number of benzene rings is 2. The van der Waals surface area contributed by atoms with Gasteiger partial charge in [-0.3, -0.25) is 4.79 Å². The highest BCUT2D eigenvalue weighted by atomic mass is 16.6. The number of carbonyl (C=O) groups is 2. The second-order valence-electron chi connectivity index (χ2n) is 7.81. The number of tetrazole rings is 1. The predicted molar refractivity (Wildman–Crippen MR) is 114 cm³/mol. The molecule has 0 spiro atoms. The van der Waals surface area contributed by atoms with Crippen LogP contribution in [0.15, 0.2) is 54.6 Å². The zero-order chi connectivity index (χ0) is 22.1. The fourth-order valence-corrected chi connectivity index (χ4v) is 4.13. The van der Waals surface area contributed by atoms with E-state index in [1.807, 2.05) is 30.3 Å². The number of ketones is 1. The number of carbonyl (C=O) groups excluding carboxylic acids is 2. The van der Waals surface area contributed by atoms with E-state index in [1.54, 1.807) is 28.9 Å². The van der Waals surface area contributed by atoms with Crippen molar-refractivity contribution in [2.75, 3.05) is 18.5 Å². The lowest BCUT2D eigenvalue weighted by atomic mass is 10.1. The first kappa shape index (κ1) is 20.3. The van der Waals surface area contributed by atoms with Crippen molar-refractivity contribution in [3.63, 3.8) is 0 Å². The highest BCUT2D eigenvalue weighted by Gasteiger charge is 2.50. The van der Waals surface area contributed by atoms with E-state index in [0.717, 1.165) is 5.56 Å². The molecule has 2 aliphatic rings. The van der Waals surface area contributed by atoms with Gasteiger partial charge in [0.2, 0.25) is 0 Å². The number of fused-ring (bicyclic) bond motifs is 1. The van der Waals surface area contributed by atoms with E-state index in [2.05, 4.69) is 26.2 Å². The maximum atomic E-state index is 12.5. The standard InChI is InChI=1S/C22H22N6O4/c1-13(29)14-7-9-16(10-8-14)23-22(30)24-17-11-31-20-18(12-32-19(17)20)28-21(25-26-27-28)15-5-3-2-4-6-15/h2-10,17-20H,11-12H2,1H3,(H2,23,24,30)/t17-,18+,19-,20+/m1/s1. The minimum absolute atomic E-state index is 0.0268. The Hall–Kier alpha value is -3.63. The molecular weight excluding hydrogens is 412 g/mol. The Morgan fingerprint density at radius 2 is 1.75 bits per heavy atom. The van der Waals surface area contributed by atoms with E-state index in [-0.39, 0.29) is 36.1 Å². The van der Waals surface area contributed by atoms with Gasteiger partial charge in [0.05, 0.1) is 19.3 Å². The van der Waals surface area contributed by atoms with Crippen LogP contribution in [0.2, 0.25) is 0 Å². The second-order valence-corrected chi connectivity index (χ2v) is 7.81. The number of anilines is 1. The molecule has 0 radical (unpaired) electrons. The first-order valence-corrected chi connectivity index (χ1v) is 10.3. The van der Waals surface area contributed by atoms with E-state index in [4.69, 9.17) is 9.47 Å². The van der Waals surface area contributed by atoms with E-state index in [1.165, 1.54) is 6.92 Å². The maximum absolute atomic E-state index is 12.5. The number of amides is 2. The molecule has 3 aromatic rings. The van der Waals surface area contributed by atoms with Crippen LogP contribution in [0.5, 0.6) is 0 Å². The maximum Gasteiger partial charge on any atom is 0.319 e. The van der Waals surface area contributed by atoms with Crippen LogP contribution in [-0.2, 0) is 9.47 Å². The van der Waals surface area contributed by atoms with E-state index in [9.17, 15) is 9.59 Å². The minimum atomic E-state index is -0.366. The van der Waals surface area contributed by atoms with Gasteiger partial charge in [0.1, 0.15) is 18.2 Å². The summed E-state index contributed by atoms with van der Waals surface area (Å²) in [7, 11) is 0. The van der Waals surface area contributed by atoms with Crippen LogP contribution in [0.1, 0.15) is 23.3 Å². The molecule has 2 aromatic carbocycles. The molecule has 1 aromatic heterocycles. The first-order valence-electron chi connectivity index (χ1n) is 10.3. The molecule has 0 saturated carbocycles. The van der Waals surface area contributed by atoms with Crippen molar-refractivity contribution < 1.29 is 19.1 Å². The molecule has 32 heavy (non-hydrogen) atoms. The van der Waals surface area contributed by atoms with Gasteiger partial charge < -0.3 is 20.1 Å². The monoisotopic (exact) mass is 434 g/mol. The molecule has 0 bridgehead atoms. The van der Waals surface area contributed by atoms with Crippen LogP contribution in [0.3, 0.4) is 0 Å². The molecule has 164 valence electrons. The van der Waals surface area contributed by atoms with Crippen LogP contribution in [0, 0.1) is 0 Å². The molecule has 2 fully saturated rings. The molecule has 10 heteroatoms. The van der Waals surface area contributed by atoms with Crippen LogP contribution < -0.4 is 10.6 Å². The Morgan fingerprint density at radius 1 is 1.00 bits per heavy atom. The van der Waals surface area contributed by atoms with Crippen LogP contribution in [0.4, 0.5) is 10.5 Å². The fourth-order valence-electron chi connectivity index (χ4n) is 4.13. The molecule has 10 nitrogen and oxygen atoms in total. The Labute approximate surface area is 183 Å². The van der Waals surface area contributed by atoms with Crippen LogP contribution >= 0.6 is 0 Å². The topological polar surface area (TPSA) is 120 Å². The van der Waals surface area contributed by atoms with Gasteiger partial charge in [0.15, 0.2) is 11.6 Å². The number of Topliss-reactive ketones (excluding diaryl/α,β-unsaturated/α-hetero) is 1. The molecule has 0 aliphatic carbocycles. The summed E-state index contributed by atoms with van der Waals surface area (Å²) in [4.78, 5) is 23.9. The minimum Gasteiger partial charge on any atom is -0.371 e. The van der Waals surface area contributed by atoms with E-state index < -0.39 is 0 Å². The second kappa shape index (κ2) is 8.48. The molecule has 2 amide bonds. The normalized spacial score (nSPS) is 24.2. The average molecular weight is 434 g/mol. The summed E-state index contributed by atoms with van der Waals surface area (Å²) in [5, 5.41) is 17.9. The number of urea groups is 1. The summed E-state index contributed by atoms with van der Waals surface area (Å²) in [5.41, 5.74) is 2.09. The Morgan fingerprint density at radius 3 is 2.50 bits per heavy atom. The molecule has 5 rings (SSSR count). The third-order valence-electron chi connectivity index (χ3n) is 5.73. The molecule has 0 unspecified atom stereocenters. The number of hydrogen-bond acceptors (Lipinski definition) is 7. The smallest absolute Gasteiger partial charge is 0.319 e. The van der Waals surface area contributed by atoms with Crippen molar-refractivity contribution in [3.05, 3.63) is 60.2 Å². The molecule has 3 heterocycles. The summed E-state index contributed by atoms with van der Waals surface area (Å²) >= 11 is 0. The number of hydrogen-bond donors (Lipinski definition) is 2. The third kappa shape index (κ3) is 3.85. The number of nitrogens with zero attached hydrogens (tertiary/aromatic N) is 4. The quantitative estimate of drug-likeness (QED) is 0.590. The number of rotatable bonds is 5. The van der Waals surface area contributed by atoms with Crippen molar-refractivity contribution in [1.29, 1.82) is 0 Å². The van der Waals surface area contributed by atoms with Gasteiger partial charge in [0.25, 0.3) is 0 Å². The Balaban J connectivity index is 1.24.